The van der Waals surface area contributed by atoms with Gasteiger partial charge in [-0.1, -0.05) is 26.8 Å². The highest BCUT2D eigenvalue weighted by molar-refractivity contribution is 6.40. The fourth-order valence-electron chi connectivity index (χ4n) is 1.66. The van der Waals surface area contributed by atoms with E-state index in [9.17, 15) is 18.0 Å². The summed E-state index contributed by atoms with van der Waals surface area (Å²) in [5.41, 5.74) is 7.40. The predicted octanol–water partition coefficient (Wildman–Crippen LogP) is 3.67. The fraction of sp³-hybridized carbons (Fsp3) is 0.471. The van der Waals surface area contributed by atoms with E-state index < -0.39 is 18.8 Å². The summed E-state index contributed by atoms with van der Waals surface area (Å²) in [6.07, 6.45) is -0.0423. The first-order chi connectivity index (χ1) is 12.3. The second kappa shape index (κ2) is 9.36. The Morgan fingerprint density at radius 3 is 2.37 bits per heavy atom. The molecule has 0 radical (unpaired) electrons. The molecule has 0 unspecified atom stereocenters. The first-order valence-corrected chi connectivity index (χ1v) is 7.93. The molecule has 27 heavy (non-hydrogen) atoms. The average molecular weight is 387 g/mol. The number of carbonyl (C=O) groups is 1. The third kappa shape index (κ3) is 10.9. The van der Waals surface area contributed by atoms with Crippen LogP contribution in [0.1, 0.15) is 26.3 Å². The number of alkyl halides is 3. The molecule has 0 atom stereocenters. The van der Waals surface area contributed by atoms with E-state index in [0.29, 0.717) is 6.54 Å². The molecule has 0 saturated heterocycles. The van der Waals surface area contributed by atoms with Crippen molar-refractivity contribution < 1.29 is 27.8 Å². The zero-order valence-electron chi connectivity index (χ0n) is 15.2. The minimum atomic E-state index is -4.40. The predicted molar refractivity (Wildman–Crippen MR) is 94.5 cm³/mol. The quantitative estimate of drug-likeness (QED) is 0.831. The van der Waals surface area contributed by atoms with Gasteiger partial charge in [0.1, 0.15) is 12.4 Å². The zero-order valence-corrected chi connectivity index (χ0v) is 15.2. The number of halogens is 3. The van der Waals surface area contributed by atoms with Crippen LogP contribution < -0.4 is 4.74 Å². The van der Waals surface area contributed by atoms with Crippen LogP contribution in [0.25, 0.3) is 5.73 Å². The second-order valence-corrected chi connectivity index (χ2v) is 6.71. The maximum absolute atomic E-state index is 12.0. The number of nitrogens with zero attached hydrogens (tertiary/aromatic N) is 3. The molecule has 1 aliphatic rings. The van der Waals surface area contributed by atoms with Gasteiger partial charge < -0.3 is 20.5 Å². The number of rotatable bonds is 5. The standard InChI is InChI=1S/C13H12F3N3O3.C4H10N/c14-13(15,16)7-22-11-2-1-9(5-17-11)6-19-4-3-10(12(20)21)18-8-19;1-4(2,3)5/h1-5H,6-8H2,(H,20,21);5H,1-3H3/q;-1. The van der Waals surface area contributed by atoms with Crippen LogP contribution in [0.5, 0.6) is 5.88 Å². The summed E-state index contributed by atoms with van der Waals surface area (Å²) < 4.78 is 40.5. The van der Waals surface area contributed by atoms with Gasteiger partial charge in [-0.3, -0.25) is 4.99 Å². The molecule has 7 nitrogen and oxygen atoms in total. The monoisotopic (exact) mass is 387 g/mol. The largest absolute Gasteiger partial charge is 0.673 e. The van der Waals surface area contributed by atoms with Gasteiger partial charge in [0.15, 0.2) is 6.61 Å². The molecule has 0 fully saturated rings. The smallest absolute Gasteiger partial charge is 0.422 e. The van der Waals surface area contributed by atoms with Gasteiger partial charge in [-0.15, -0.1) is 5.54 Å². The van der Waals surface area contributed by atoms with Crippen molar-refractivity contribution in [2.24, 2.45) is 4.99 Å². The van der Waals surface area contributed by atoms with Crippen LogP contribution in [0.15, 0.2) is 35.6 Å². The number of nitrogens with one attached hydrogen (secondary N) is 1. The highest BCUT2D eigenvalue weighted by atomic mass is 19.4. The number of carboxylic acid groups (broad SMARTS) is 1. The molecular weight excluding hydrogens is 365 g/mol. The molecule has 10 heteroatoms. The van der Waals surface area contributed by atoms with Crippen LogP contribution in [0.4, 0.5) is 13.2 Å². The number of hydrogen-bond donors (Lipinski definition) is 1. The van der Waals surface area contributed by atoms with Crippen molar-refractivity contribution in [1.29, 1.82) is 0 Å². The van der Waals surface area contributed by atoms with Crippen LogP contribution in [0.3, 0.4) is 0 Å². The minimum Gasteiger partial charge on any atom is -0.673 e. The van der Waals surface area contributed by atoms with Gasteiger partial charge in [-0.05, 0) is 11.6 Å². The SMILES string of the molecule is CC(C)(C)[NH-].O=C(O)C1=NCN(Cc2ccc(OCC(F)(F)F)nc2)C=C1. The summed E-state index contributed by atoms with van der Waals surface area (Å²) in [5.74, 6) is -1.20. The van der Waals surface area contributed by atoms with E-state index in [0.717, 1.165) is 5.56 Å². The van der Waals surface area contributed by atoms with Crippen LogP contribution in [-0.2, 0) is 11.3 Å². The van der Waals surface area contributed by atoms with Crippen molar-refractivity contribution in [2.45, 2.75) is 39.0 Å². The number of aromatic nitrogens is 1. The fourth-order valence-corrected chi connectivity index (χ4v) is 1.66. The van der Waals surface area contributed by atoms with Crippen molar-refractivity contribution in [3.63, 3.8) is 0 Å². The highest BCUT2D eigenvalue weighted by Gasteiger charge is 2.28. The van der Waals surface area contributed by atoms with Gasteiger partial charge in [0, 0.05) is 25.0 Å². The molecule has 1 aliphatic heterocycles. The third-order valence-corrected chi connectivity index (χ3v) is 2.65. The van der Waals surface area contributed by atoms with E-state index in [-0.39, 0.29) is 23.8 Å². The molecule has 0 amide bonds. The van der Waals surface area contributed by atoms with E-state index in [1.54, 1.807) is 17.2 Å². The number of carboxylic acids is 1. The molecule has 2 heterocycles. The van der Waals surface area contributed by atoms with E-state index in [1.807, 2.05) is 20.8 Å². The summed E-state index contributed by atoms with van der Waals surface area (Å²) in [6.45, 7) is 4.76. The molecule has 0 aromatic carbocycles. The van der Waals surface area contributed by atoms with Crippen molar-refractivity contribution in [3.8, 4) is 5.88 Å². The van der Waals surface area contributed by atoms with Crippen molar-refractivity contribution in [3.05, 3.63) is 41.9 Å². The molecular formula is C17H22F3N4O3-. The van der Waals surface area contributed by atoms with E-state index in [4.69, 9.17) is 10.8 Å². The summed E-state index contributed by atoms with van der Waals surface area (Å²) >= 11 is 0. The summed E-state index contributed by atoms with van der Waals surface area (Å²) in [7, 11) is 0. The maximum atomic E-state index is 12.0. The number of aliphatic carboxylic acids is 1. The van der Waals surface area contributed by atoms with E-state index >= 15 is 0 Å². The summed E-state index contributed by atoms with van der Waals surface area (Å²) in [5, 5.41) is 8.75. The number of ether oxygens (including phenoxy) is 1. The molecule has 2 rings (SSSR count). The molecule has 0 spiro atoms. The zero-order chi connectivity index (χ0) is 20.7. The lowest BCUT2D eigenvalue weighted by atomic mass is 10.1. The number of hydrogen-bond acceptors (Lipinski definition) is 5. The van der Waals surface area contributed by atoms with Crippen molar-refractivity contribution >= 4 is 11.7 Å². The molecule has 0 saturated carbocycles. The molecule has 1 aromatic heterocycles. The normalized spacial score (nSPS) is 14.2. The Morgan fingerprint density at radius 2 is 1.96 bits per heavy atom. The van der Waals surface area contributed by atoms with Gasteiger partial charge in [0.25, 0.3) is 0 Å². The van der Waals surface area contributed by atoms with Crippen LogP contribution in [-0.4, -0.2) is 51.7 Å². The van der Waals surface area contributed by atoms with E-state index in [1.165, 1.54) is 18.3 Å². The van der Waals surface area contributed by atoms with Crippen LogP contribution >= 0.6 is 0 Å². The Labute approximate surface area is 155 Å². The van der Waals surface area contributed by atoms with Gasteiger partial charge in [-0.2, -0.15) is 13.2 Å². The Balaban J connectivity index is 0.000000646. The van der Waals surface area contributed by atoms with Gasteiger partial charge in [-0.25, -0.2) is 9.78 Å². The maximum Gasteiger partial charge on any atom is 0.422 e. The molecule has 0 aliphatic carbocycles. The lowest BCUT2D eigenvalue weighted by Crippen LogP contribution is -2.24. The topological polar surface area (TPSA) is 98.8 Å². The second-order valence-electron chi connectivity index (χ2n) is 6.71. The Hall–Kier alpha value is -2.62. The molecule has 1 aromatic rings. The van der Waals surface area contributed by atoms with E-state index in [2.05, 4.69) is 14.7 Å². The highest BCUT2D eigenvalue weighted by Crippen LogP contribution is 2.17. The summed E-state index contributed by atoms with van der Waals surface area (Å²) in [6, 6.07) is 2.93. The minimum absolute atomic E-state index is 0.0229. The lowest BCUT2D eigenvalue weighted by molar-refractivity contribution is -0.154. The van der Waals surface area contributed by atoms with Gasteiger partial charge in [0.2, 0.25) is 5.88 Å². The Bertz CT molecular complexity index is 674. The van der Waals surface area contributed by atoms with Crippen molar-refractivity contribution in [2.75, 3.05) is 13.3 Å². The van der Waals surface area contributed by atoms with Crippen LogP contribution in [0, 0.1) is 0 Å². The number of aliphatic imine (C=N–C) groups is 1. The molecule has 2 N–H and O–H groups in total. The first kappa shape index (κ1) is 22.4. The van der Waals surface area contributed by atoms with Crippen molar-refractivity contribution in [1.82, 2.24) is 9.88 Å². The Kier molecular flexibility index (Phi) is 7.77. The summed E-state index contributed by atoms with van der Waals surface area (Å²) in [4.78, 5) is 20.1. The number of pyridine rings is 1. The average Bonchev–Trinajstić information content (AvgIpc) is 2.52. The first-order valence-electron chi connectivity index (χ1n) is 7.93. The Morgan fingerprint density at radius 1 is 1.33 bits per heavy atom. The van der Waals surface area contributed by atoms with Gasteiger partial charge >= 0.3 is 12.1 Å². The van der Waals surface area contributed by atoms with Crippen LogP contribution in [0.2, 0.25) is 0 Å². The molecule has 0 bridgehead atoms. The van der Waals surface area contributed by atoms with Gasteiger partial charge in [0.05, 0.1) is 0 Å². The molecule has 150 valence electrons. The third-order valence-electron chi connectivity index (χ3n) is 2.65. The lowest BCUT2D eigenvalue weighted by Gasteiger charge is -2.21.